The number of hydrogen-bond donors (Lipinski definition) is 0. The van der Waals surface area contributed by atoms with E-state index < -0.39 is 0 Å². The SMILES string of the molecule is Cc1cn2c(CC#N)c(-c3cccs3)nc2s1. The first-order valence-electron chi connectivity index (χ1n) is 5.18. The monoisotopic (exact) mass is 259 g/mol. The van der Waals surface area contributed by atoms with Gasteiger partial charge in [-0.25, -0.2) is 4.98 Å². The van der Waals surface area contributed by atoms with Crippen LogP contribution in [0.2, 0.25) is 0 Å². The number of hydrogen-bond acceptors (Lipinski definition) is 4. The van der Waals surface area contributed by atoms with Crippen LogP contribution in [0.15, 0.2) is 23.7 Å². The smallest absolute Gasteiger partial charge is 0.194 e. The van der Waals surface area contributed by atoms with Crippen molar-refractivity contribution in [3.8, 4) is 16.6 Å². The van der Waals surface area contributed by atoms with Crippen LogP contribution >= 0.6 is 22.7 Å². The van der Waals surface area contributed by atoms with E-state index in [0.717, 1.165) is 21.2 Å². The Kier molecular flexibility index (Phi) is 2.46. The molecule has 0 radical (unpaired) electrons. The summed E-state index contributed by atoms with van der Waals surface area (Å²) in [4.78, 5) is 7.94. The van der Waals surface area contributed by atoms with E-state index in [1.165, 1.54) is 4.88 Å². The average Bonchev–Trinajstić information content (AvgIpc) is 2.95. The van der Waals surface area contributed by atoms with E-state index in [0.29, 0.717) is 6.42 Å². The molecule has 0 atom stereocenters. The molecule has 3 rings (SSSR count). The molecule has 0 aliphatic carbocycles. The van der Waals surface area contributed by atoms with Crippen LogP contribution in [0.1, 0.15) is 10.6 Å². The van der Waals surface area contributed by atoms with Crippen molar-refractivity contribution in [3.05, 3.63) is 34.3 Å². The van der Waals surface area contributed by atoms with E-state index in [9.17, 15) is 0 Å². The molecule has 3 heterocycles. The van der Waals surface area contributed by atoms with Crippen molar-refractivity contribution in [2.24, 2.45) is 0 Å². The van der Waals surface area contributed by atoms with Crippen LogP contribution in [0.3, 0.4) is 0 Å². The number of rotatable bonds is 2. The Balaban J connectivity index is 2.28. The molecule has 0 saturated carbocycles. The molecule has 0 aliphatic rings. The maximum atomic E-state index is 8.94. The molecular formula is C12H9N3S2. The van der Waals surface area contributed by atoms with Gasteiger partial charge in [-0.3, -0.25) is 4.40 Å². The van der Waals surface area contributed by atoms with Crippen LogP contribution in [0.25, 0.3) is 15.5 Å². The average molecular weight is 259 g/mol. The first-order chi connectivity index (χ1) is 8.29. The fourth-order valence-electron chi connectivity index (χ4n) is 1.86. The highest BCUT2D eigenvalue weighted by atomic mass is 32.1. The lowest BCUT2D eigenvalue weighted by Gasteiger charge is -1.96. The number of fused-ring (bicyclic) bond motifs is 1. The van der Waals surface area contributed by atoms with Crippen molar-refractivity contribution >= 4 is 27.6 Å². The lowest BCUT2D eigenvalue weighted by atomic mass is 10.2. The molecule has 0 unspecified atom stereocenters. The second kappa shape index (κ2) is 3.99. The molecule has 0 bridgehead atoms. The Labute approximate surface area is 107 Å². The number of aromatic nitrogens is 2. The van der Waals surface area contributed by atoms with Crippen molar-refractivity contribution in [3.63, 3.8) is 0 Å². The Morgan fingerprint density at radius 2 is 2.41 bits per heavy atom. The zero-order valence-corrected chi connectivity index (χ0v) is 10.8. The predicted octanol–water partition coefficient (Wildman–Crippen LogP) is 3.50. The lowest BCUT2D eigenvalue weighted by molar-refractivity contribution is 1.07. The molecule has 0 N–H and O–H groups in total. The Morgan fingerprint density at radius 1 is 1.53 bits per heavy atom. The molecular weight excluding hydrogens is 250 g/mol. The minimum atomic E-state index is 0.393. The molecule has 0 saturated heterocycles. The third kappa shape index (κ3) is 1.66. The topological polar surface area (TPSA) is 41.1 Å². The van der Waals surface area contributed by atoms with Crippen LogP contribution in [0.4, 0.5) is 0 Å². The van der Waals surface area contributed by atoms with Crippen LogP contribution in [-0.2, 0) is 6.42 Å². The summed E-state index contributed by atoms with van der Waals surface area (Å²) in [7, 11) is 0. The van der Waals surface area contributed by atoms with E-state index in [2.05, 4.69) is 24.2 Å². The molecule has 3 nitrogen and oxygen atoms in total. The van der Waals surface area contributed by atoms with Gasteiger partial charge in [0, 0.05) is 11.1 Å². The van der Waals surface area contributed by atoms with Gasteiger partial charge in [-0.2, -0.15) is 5.26 Å². The molecule has 0 fully saturated rings. The molecule has 84 valence electrons. The Bertz CT molecular complexity index is 698. The van der Waals surface area contributed by atoms with Gasteiger partial charge in [0.25, 0.3) is 0 Å². The van der Waals surface area contributed by atoms with Crippen molar-refractivity contribution in [2.75, 3.05) is 0 Å². The lowest BCUT2D eigenvalue weighted by Crippen LogP contribution is -1.90. The molecule has 5 heteroatoms. The van der Waals surface area contributed by atoms with Gasteiger partial charge in [0.2, 0.25) is 0 Å². The summed E-state index contributed by atoms with van der Waals surface area (Å²) >= 11 is 3.32. The molecule has 17 heavy (non-hydrogen) atoms. The highest BCUT2D eigenvalue weighted by Crippen LogP contribution is 2.31. The molecule has 0 aliphatic heterocycles. The highest BCUT2D eigenvalue weighted by molar-refractivity contribution is 7.17. The maximum Gasteiger partial charge on any atom is 0.194 e. The van der Waals surface area contributed by atoms with E-state index in [1.54, 1.807) is 22.7 Å². The van der Waals surface area contributed by atoms with Gasteiger partial charge in [0.05, 0.1) is 23.1 Å². The summed E-state index contributed by atoms with van der Waals surface area (Å²) in [5.41, 5.74) is 1.95. The van der Waals surface area contributed by atoms with Crippen molar-refractivity contribution in [1.29, 1.82) is 5.26 Å². The Morgan fingerprint density at radius 3 is 3.12 bits per heavy atom. The van der Waals surface area contributed by atoms with Gasteiger partial charge < -0.3 is 0 Å². The summed E-state index contributed by atoms with van der Waals surface area (Å²) in [5.74, 6) is 0. The number of imidazole rings is 1. The normalized spacial score (nSPS) is 10.8. The third-order valence-corrected chi connectivity index (χ3v) is 4.32. The van der Waals surface area contributed by atoms with E-state index >= 15 is 0 Å². The predicted molar refractivity (Wildman–Crippen MR) is 70.4 cm³/mol. The number of thiophene rings is 1. The van der Waals surface area contributed by atoms with E-state index in [-0.39, 0.29) is 0 Å². The zero-order valence-electron chi connectivity index (χ0n) is 9.17. The second-order valence-electron chi connectivity index (χ2n) is 3.71. The number of nitriles is 1. The summed E-state index contributed by atoms with van der Waals surface area (Å²) in [6, 6.07) is 6.28. The Hall–Kier alpha value is -1.64. The maximum absolute atomic E-state index is 8.94. The summed E-state index contributed by atoms with van der Waals surface area (Å²) in [5, 5.41) is 11.0. The zero-order chi connectivity index (χ0) is 11.8. The molecule has 0 spiro atoms. The highest BCUT2D eigenvalue weighted by Gasteiger charge is 2.15. The first-order valence-corrected chi connectivity index (χ1v) is 6.87. The largest absolute Gasteiger partial charge is 0.293 e. The number of thiazole rings is 1. The molecule has 0 amide bonds. The van der Waals surface area contributed by atoms with E-state index in [1.807, 2.05) is 21.9 Å². The van der Waals surface area contributed by atoms with Crippen molar-refractivity contribution in [2.45, 2.75) is 13.3 Å². The van der Waals surface area contributed by atoms with Gasteiger partial charge in [-0.1, -0.05) is 6.07 Å². The fourth-order valence-corrected chi connectivity index (χ4v) is 3.44. The van der Waals surface area contributed by atoms with Gasteiger partial charge >= 0.3 is 0 Å². The van der Waals surface area contributed by atoms with Gasteiger partial charge in [0.1, 0.15) is 5.69 Å². The molecule has 0 aromatic carbocycles. The van der Waals surface area contributed by atoms with Gasteiger partial charge in [-0.05, 0) is 18.4 Å². The molecule has 3 aromatic heterocycles. The van der Waals surface area contributed by atoms with Gasteiger partial charge in [-0.15, -0.1) is 22.7 Å². The van der Waals surface area contributed by atoms with Crippen molar-refractivity contribution in [1.82, 2.24) is 9.38 Å². The summed E-state index contributed by atoms with van der Waals surface area (Å²) in [6.07, 6.45) is 2.45. The van der Waals surface area contributed by atoms with Gasteiger partial charge in [0.15, 0.2) is 4.96 Å². The van der Waals surface area contributed by atoms with Crippen LogP contribution in [0.5, 0.6) is 0 Å². The third-order valence-electron chi connectivity index (χ3n) is 2.54. The first kappa shape index (κ1) is 10.5. The van der Waals surface area contributed by atoms with Crippen LogP contribution in [0, 0.1) is 18.3 Å². The molecule has 3 aromatic rings. The minimum Gasteiger partial charge on any atom is -0.293 e. The van der Waals surface area contributed by atoms with Crippen LogP contribution in [-0.4, -0.2) is 9.38 Å². The second-order valence-corrected chi connectivity index (χ2v) is 5.87. The summed E-state index contributed by atoms with van der Waals surface area (Å²) < 4.78 is 2.04. The minimum absolute atomic E-state index is 0.393. The number of nitrogens with zero attached hydrogens (tertiary/aromatic N) is 3. The number of aryl methyl sites for hydroxylation is 1. The van der Waals surface area contributed by atoms with Crippen LogP contribution < -0.4 is 0 Å². The van der Waals surface area contributed by atoms with Crippen molar-refractivity contribution < 1.29 is 0 Å². The quantitative estimate of drug-likeness (QED) is 0.706. The van der Waals surface area contributed by atoms with E-state index in [4.69, 9.17) is 5.26 Å². The summed E-state index contributed by atoms with van der Waals surface area (Å²) in [6.45, 7) is 2.06. The fraction of sp³-hybridized carbons (Fsp3) is 0.167. The standard InChI is InChI=1S/C12H9N3S2/c1-8-7-15-9(4-5-13)11(14-12(15)17-8)10-3-2-6-16-10/h2-3,6-7H,4H2,1H3.